The molecule has 2 N–H and O–H groups in total. The molecule has 0 amide bonds. The highest BCUT2D eigenvalue weighted by Crippen LogP contribution is 2.31. The molecule has 0 aliphatic rings. The van der Waals surface area contributed by atoms with Gasteiger partial charge in [0.1, 0.15) is 11.3 Å². The average molecular weight is 201 g/mol. The van der Waals surface area contributed by atoms with Gasteiger partial charge in [-0.1, -0.05) is 11.6 Å². The van der Waals surface area contributed by atoms with Gasteiger partial charge >= 0.3 is 5.97 Å². The molecule has 0 heterocycles. The number of carboxylic acid groups (broad SMARTS) is 1. The van der Waals surface area contributed by atoms with Gasteiger partial charge in [0, 0.05) is 0 Å². The number of phenols is 1. The number of carboxylic acids is 1. The van der Waals surface area contributed by atoms with Gasteiger partial charge in [0.05, 0.1) is 5.02 Å². The number of aromatic hydroxyl groups is 1. The summed E-state index contributed by atoms with van der Waals surface area (Å²) in [6.45, 7) is 3.38. The molecule has 1 aromatic carbocycles. The summed E-state index contributed by atoms with van der Waals surface area (Å²) >= 11 is 5.62. The topological polar surface area (TPSA) is 57.5 Å². The number of carbonyl (C=O) groups is 1. The summed E-state index contributed by atoms with van der Waals surface area (Å²) in [7, 11) is 0. The van der Waals surface area contributed by atoms with Gasteiger partial charge in [-0.25, -0.2) is 4.79 Å². The molecule has 0 bridgehead atoms. The summed E-state index contributed by atoms with van der Waals surface area (Å²) in [4.78, 5) is 10.7. The van der Waals surface area contributed by atoms with E-state index in [1.165, 1.54) is 0 Å². The molecule has 4 heteroatoms. The van der Waals surface area contributed by atoms with Crippen molar-refractivity contribution < 1.29 is 15.0 Å². The van der Waals surface area contributed by atoms with Crippen LogP contribution in [-0.4, -0.2) is 16.2 Å². The first-order valence-corrected chi connectivity index (χ1v) is 4.05. The highest BCUT2D eigenvalue weighted by atomic mass is 35.5. The molecule has 0 atom stereocenters. The van der Waals surface area contributed by atoms with E-state index in [2.05, 4.69) is 0 Å². The van der Waals surface area contributed by atoms with Gasteiger partial charge in [-0.3, -0.25) is 0 Å². The number of rotatable bonds is 1. The number of halogens is 1. The van der Waals surface area contributed by atoms with E-state index in [0.717, 1.165) is 5.56 Å². The quantitative estimate of drug-likeness (QED) is 0.732. The van der Waals surface area contributed by atoms with Gasteiger partial charge in [0.2, 0.25) is 0 Å². The zero-order valence-corrected chi connectivity index (χ0v) is 8.01. The Morgan fingerprint density at radius 2 is 2.00 bits per heavy atom. The maximum Gasteiger partial charge on any atom is 0.339 e. The molecular weight excluding hydrogens is 192 g/mol. The Morgan fingerprint density at radius 3 is 2.46 bits per heavy atom. The van der Waals surface area contributed by atoms with E-state index in [4.69, 9.17) is 16.7 Å². The van der Waals surface area contributed by atoms with Crippen LogP contribution in [0.2, 0.25) is 5.02 Å². The lowest BCUT2D eigenvalue weighted by Crippen LogP contribution is -2.02. The molecule has 0 unspecified atom stereocenters. The van der Waals surface area contributed by atoms with Crippen LogP contribution in [0.1, 0.15) is 21.5 Å². The number of aryl methyl sites for hydroxylation is 1. The molecule has 0 saturated heterocycles. The van der Waals surface area contributed by atoms with E-state index in [-0.39, 0.29) is 16.3 Å². The molecule has 0 aliphatic heterocycles. The van der Waals surface area contributed by atoms with Crippen molar-refractivity contribution in [3.05, 3.63) is 27.8 Å². The molecule has 0 aliphatic carbocycles. The van der Waals surface area contributed by atoms with Crippen LogP contribution in [-0.2, 0) is 0 Å². The number of hydrogen-bond donors (Lipinski definition) is 2. The summed E-state index contributed by atoms with van der Waals surface area (Å²) in [6, 6.07) is 1.54. The van der Waals surface area contributed by atoms with Gasteiger partial charge in [-0.15, -0.1) is 0 Å². The van der Waals surface area contributed by atoms with E-state index in [1.54, 1.807) is 19.9 Å². The average Bonchev–Trinajstić information content (AvgIpc) is 2.01. The van der Waals surface area contributed by atoms with Crippen molar-refractivity contribution in [1.29, 1.82) is 0 Å². The third kappa shape index (κ3) is 1.60. The van der Waals surface area contributed by atoms with E-state index in [0.29, 0.717) is 5.56 Å². The number of benzene rings is 1. The van der Waals surface area contributed by atoms with Crippen molar-refractivity contribution in [2.24, 2.45) is 0 Å². The molecule has 1 aromatic rings. The summed E-state index contributed by atoms with van der Waals surface area (Å²) < 4.78 is 0. The van der Waals surface area contributed by atoms with Crippen molar-refractivity contribution in [3.8, 4) is 5.75 Å². The predicted octanol–water partition coefficient (Wildman–Crippen LogP) is 2.36. The van der Waals surface area contributed by atoms with E-state index in [1.807, 2.05) is 0 Å². The van der Waals surface area contributed by atoms with Gasteiger partial charge < -0.3 is 10.2 Å². The third-order valence-electron chi connectivity index (χ3n) is 1.99. The van der Waals surface area contributed by atoms with Gasteiger partial charge in [0.15, 0.2) is 0 Å². The fourth-order valence-corrected chi connectivity index (χ4v) is 1.38. The molecule has 70 valence electrons. The Kier molecular flexibility index (Phi) is 2.48. The minimum Gasteiger partial charge on any atom is -0.505 e. The second-order valence-corrected chi connectivity index (χ2v) is 3.24. The standard InChI is InChI=1S/C9H9ClO3/c1-4-3-6(10)8(11)7(5(4)2)9(12)13/h3,11H,1-2H3,(H,12,13). The Labute approximate surface area is 80.6 Å². The second kappa shape index (κ2) is 3.26. The molecule has 3 nitrogen and oxygen atoms in total. The first-order chi connectivity index (χ1) is 5.95. The third-order valence-corrected chi connectivity index (χ3v) is 2.27. The Hall–Kier alpha value is -1.22. The smallest absolute Gasteiger partial charge is 0.339 e. The lowest BCUT2D eigenvalue weighted by atomic mass is 10.0. The van der Waals surface area contributed by atoms with Crippen LogP contribution in [0.3, 0.4) is 0 Å². The minimum atomic E-state index is -1.17. The maximum atomic E-state index is 10.7. The van der Waals surface area contributed by atoms with Gasteiger partial charge in [-0.2, -0.15) is 0 Å². The zero-order chi connectivity index (χ0) is 10.2. The fourth-order valence-electron chi connectivity index (χ4n) is 1.12. The summed E-state index contributed by atoms with van der Waals surface area (Å²) in [5.41, 5.74) is 1.17. The summed E-state index contributed by atoms with van der Waals surface area (Å²) in [5, 5.41) is 18.2. The first-order valence-electron chi connectivity index (χ1n) is 3.67. The minimum absolute atomic E-state index is 0.0699. The summed E-state index contributed by atoms with van der Waals surface area (Å²) in [6.07, 6.45) is 0. The molecule has 0 fully saturated rings. The highest BCUT2D eigenvalue weighted by Gasteiger charge is 2.17. The molecule has 0 spiro atoms. The van der Waals surface area contributed by atoms with Crippen molar-refractivity contribution in [1.82, 2.24) is 0 Å². The van der Waals surface area contributed by atoms with Crippen molar-refractivity contribution in [3.63, 3.8) is 0 Å². The largest absolute Gasteiger partial charge is 0.505 e. The van der Waals surface area contributed by atoms with E-state index in [9.17, 15) is 9.90 Å². The molecule has 1 rings (SSSR count). The van der Waals surface area contributed by atoms with Crippen LogP contribution >= 0.6 is 11.6 Å². The van der Waals surface area contributed by atoms with Crippen LogP contribution < -0.4 is 0 Å². The van der Waals surface area contributed by atoms with Crippen molar-refractivity contribution >= 4 is 17.6 Å². The number of aromatic carboxylic acids is 1. The van der Waals surface area contributed by atoms with Crippen LogP contribution in [0.25, 0.3) is 0 Å². The zero-order valence-electron chi connectivity index (χ0n) is 7.26. The summed E-state index contributed by atoms with van der Waals surface area (Å²) in [5.74, 6) is -1.53. The predicted molar refractivity (Wildman–Crippen MR) is 49.6 cm³/mol. The lowest BCUT2D eigenvalue weighted by Gasteiger charge is -2.08. The molecule has 0 saturated carbocycles. The van der Waals surface area contributed by atoms with Crippen LogP contribution in [0.15, 0.2) is 6.07 Å². The molecule has 0 aromatic heterocycles. The van der Waals surface area contributed by atoms with Crippen LogP contribution in [0.5, 0.6) is 5.75 Å². The van der Waals surface area contributed by atoms with Gasteiger partial charge in [-0.05, 0) is 31.0 Å². The maximum absolute atomic E-state index is 10.7. The second-order valence-electron chi connectivity index (χ2n) is 2.83. The van der Waals surface area contributed by atoms with Crippen molar-refractivity contribution in [2.75, 3.05) is 0 Å². The SMILES string of the molecule is Cc1cc(Cl)c(O)c(C(=O)O)c1C. The monoisotopic (exact) mass is 200 g/mol. The van der Waals surface area contributed by atoms with Crippen LogP contribution in [0.4, 0.5) is 0 Å². The Bertz CT molecular complexity index is 345. The fraction of sp³-hybridized carbons (Fsp3) is 0.222. The Morgan fingerprint density at radius 1 is 1.46 bits per heavy atom. The first kappa shape index (κ1) is 9.86. The molecular formula is C9H9ClO3. The molecule has 0 radical (unpaired) electrons. The normalized spacial score (nSPS) is 10.1. The van der Waals surface area contributed by atoms with Crippen LogP contribution in [0, 0.1) is 13.8 Å². The van der Waals surface area contributed by atoms with Crippen molar-refractivity contribution in [2.45, 2.75) is 13.8 Å². The Balaban J connectivity index is 3.56. The lowest BCUT2D eigenvalue weighted by molar-refractivity contribution is 0.0693. The molecule has 13 heavy (non-hydrogen) atoms. The van der Waals surface area contributed by atoms with Gasteiger partial charge in [0.25, 0.3) is 0 Å². The van der Waals surface area contributed by atoms with E-state index >= 15 is 0 Å². The van der Waals surface area contributed by atoms with E-state index < -0.39 is 5.97 Å². The highest BCUT2D eigenvalue weighted by molar-refractivity contribution is 6.32. The number of hydrogen-bond acceptors (Lipinski definition) is 2.